The van der Waals surface area contributed by atoms with Gasteiger partial charge in [-0.25, -0.2) is 4.79 Å². The molecule has 0 saturated heterocycles. The van der Waals surface area contributed by atoms with Crippen LogP contribution in [0.4, 0.5) is 0 Å². The van der Waals surface area contributed by atoms with Crippen molar-refractivity contribution in [3.05, 3.63) is 29.8 Å². The fourth-order valence-corrected chi connectivity index (χ4v) is 3.11. The second kappa shape index (κ2) is 15.7. The Bertz CT molecular complexity index is 453. The molecule has 0 atom stereocenters. The van der Waals surface area contributed by atoms with Crippen LogP contribution in [-0.4, -0.2) is 19.7 Å². The first-order chi connectivity index (χ1) is 12.8. The molecule has 3 heteroatoms. The molecule has 0 aliphatic rings. The fraction of sp³-hybridized carbons (Fsp3) is 0.696. The molecule has 0 unspecified atom stereocenters. The molecular weight excluding hydrogens is 324 g/mol. The van der Waals surface area contributed by atoms with Gasteiger partial charge in [-0.2, -0.15) is 0 Å². The molecule has 0 radical (unpaired) electrons. The summed E-state index contributed by atoms with van der Waals surface area (Å²) in [7, 11) is 1.39. The lowest BCUT2D eigenvalue weighted by Crippen LogP contribution is -2.01. The van der Waals surface area contributed by atoms with Crippen molar-refractivity contribution in [3.63, 3.8) is 0 Å². The largest absolute Gasteiger partial charge is 0.494 e. The lowest BCUT2D eigenvalue weighted by molar-refractivity contribution is 0.0600. The number of unbranched alkanes of at least 4 members (excludes halogenated alkanes) is 12. The summed E-state index contributed by atoms with van der Waals surface area (Å²) in [5.74, 6) is 0.504. The molecule has 148 valence electrons. The molecule has 1 aromatic carbocycles. The number of benzene rings is 1. The number of ether oxygens (including phenoxy) is 2. The van der Waals surface area contributed by atoms with Crippen LogP contribution in [0.1, 0.15) is 101 Å². The van der Waals surface area contributed by atoms with Crippen molar-refractivity contribution in [1.29, 1.82) is 0 Å². The first kappa shape index (κ1) is 22.5. The SMILES string of the molecule is CCCCCCCCCCCCCCCOc1ccc(C(=O)OC)cc1. The van der Waals surface area contributed by atoms with E-state index in [4.69, 9.17) is 4.74 Å². The fourth-order valence-electron chi connectivity index (χ4n) is 3.11. The maximum Gasteiger partial charge on any atom is 0.337 e. The summed E-state index contributed by atoms with van der Waals surface area (Å²) in [6.07, 6.45) is 17.6. The minimum absolute atomic E-state index is 0.312. The Kier molecular flexibility index (Phi) is 13.6. The van der Waals surface area contributed by atoms with Crippen LogP contribution >= 0.6 is 0 Å². The van der Waals surface area contributed by atoms with E-state index in [2.05, 4.69) is 11.7 Å². The molecule has 0 fully saturated rings. The van der Waals surface area contributed by atoms with E-state index in [0.717, 1.165) is 18.8 Å². The zero-order valence-electron chi connectivity index (χ0n) is 16.9. The third-order valence-corrected chi connectivity index (χ3v) is 4.79. The standard InChI is InChI=1S/C23H38O3/c1-3-4-5-6-7-8-9-10-11-12-13-14-15-20-26-22-18-16-21(17-19-22)23(24)25-2/h16-19H,3-15,20H2,1-2H3. The molecule has 0 amide bonds. The maximum atomic E-state index is 11.4. The van der Waals surface area contributed by atoms with Gasteiger partial charge in [-0.3, -0.25) is 0 Å². The lowest BCUT2D eigenvalue weighted by atomic mass is 10.0. The number of carbonyl (C=O) groups excluding carboxylic acids is 1. The first-order valence-electron chi connectivity index (χ1n) is 10.6. The van der Waals surface area contributed by atoms with Gasteiger partial charge in [0.25, 0.3) is 0 Å². The van der Waals surface area contributed by atoms with Gasteiger partial charge in [-0.1, -0.05) is 84.0 Å². The lowest BCUT2D eigenvalue weighted by Gasteiger charge is -2.07. The molecule has 0 bridgehead atoms. The highest BCUT2D eigenvalue weighted by Gasteiger charge is 2.04. The summed E-state index contributed by atoms with van der Waals surface area (Å²) >= 11 is 0. The molecule has 0 aliphatic carbocycles. The Morgan fingerprint density at radius 2 is 1.19 bits per heavy atom. The van der Waals surface area contributed by atoms with Crippen LogP contribution in [0.2, 0.25) is 0 Å². The molecule has 0 aromatic heterocycles. The molecule has 1 aromatic rings. The number of hydrogen-bond donors (Lipinski definition) is 0. The van der Waals surface area contributed by atoms with Crippen LogP contribution in [0.5, 0.6) is 5.75 Å². The molecule has 26 heavy (non-hydrogen) atoms. The monoisotopic (exact) mass is 362 g/mol. The molecular formula is C23H38O3. The predicted molar refractivity (Wildman–Crippen MR) is 109 cm³/mol. The van der Waals surface area contributed by atoms with Gasteiger partial charge < -0.3 is 9.47 Å². The number of methoxy groups -OCH3 is 1. The Morgan fingerprint density at radius 1 is 0.731 bits per heavy atom. The smallest absolute Gasteiger partial charge is 0.337 e. The van der Waals surface area contributed by atoms with Gasteiger partial charge in [0.05, 0.1) is 19.3 Å². The van der Waals surface area contributed by atoms with Gasteiger partial charge in [0, 0.05) is 0 Å². The van der Waals surface area contributed by atoms with Gasteiger partial charge in [0.15, 0.2) is 0 Å². The summed E-state index contributed by atoms with van der Waals surface area (Å²) in [5.41, 5.74) is 0.556. The van der Waals surface area contributed by atoms with Crippen LogP contribution < -0.4 is 4.74 Å². The van der Waals surface area contributed by atoms with Crippen molar-refractivity contribution in [1.82, 2.24) is 0 Å². The molecule has 0 spiro atoms. The van der Waals surface area contributed by atoms with Crippen LogP contribution in [-0.2, 0) is 4.74 Å². The van der Waals surface area contributed by atoms with Gasteiger partial charge >= 0.3 is 5.97 Å². The third-order valence-electron chi connectivity index (χ3n) is 4.79. The van der Waals surface area contributed by atoms with Crippen LogP contribution in [0.15, 0.2) is 24.3 Å². The Balaban J connectivity index is 1.88. The van der Waals surface area contributed by atoms with Crippen molar-refractivity contribution in [2.75, 3.05) is 13.7 Å². The summed E-state index contributed by atoms with van der Waals surface area (Å²) in [5, 5.41) is 0. The topological polar surface area (TPSA) is 35.5 Å². The zero-order valence-corrected chi connectivity index (χ0v) is 16.9. The van der Waals surface area contributed by atoms with E-state index in [1.807, 2.05) is 12.1 Å². The molecule has 0 aliphatic heterocycles. The Morgan fingerprint density at radius 3 is 1.65 bits per heavy atom. The number of hydrogen-bond acceptors (Lipinski definition) is 3. The molecule has 3 nitrogen and oxygen atoms in total. The van der Waals surface area contributed by atoms with Crippen LogP contribution in [0.3, 0.4) is 0 Å². The quantitative estimate of drug-likeness (QED) is 0.236. The number of rotatable bonds is 16. The Hall–Kier alpha value is -1.51. The van der Waals surface area contributed by atoms with E-state index in [9.17, 15) is 4.79 Å². The van der Waals surface area contributed by atoms with E-state index in [1.165, 1.54) is 84.2 Å². The van der Waals surface area contributed by atoms with E-state index >= 15 is 0 Å². The van der Waals surface area contributed by atoms with Crippen LogP contribution in [0, 0.1) is 0 Å². The summed E-state index contributed by atoms with van der Waals surface area (Å²) in [6, 6.07) is 7.14. The normalized spacial score (nSPS) is 10.7. The van der Waals surface area contributed by atoms with E-state index in [-0.39, 0.29) is 5.97 Å². The molecule has 0 N–H and O–H groups in total. The molecule has 1 rings (SSSR count). The molecule has 0 heterocycles. The van der Waals surface area contributed by atoms with E-state index in [0.29, 0.717) is 5.56 Å². The number of carbonyl (C=O) groups is 1. The highest BCUT2D eigenvalue weighted by Crippen LogP contribution is 2.15. The van der Waals surface area contributed by atoms with Crippen molar-refractivity contribution in [2.45, 2.75) is 90.4 Å². The minimum atomic E-state index is -0.312. The van der Waals surface area contributed by atoms with Crippen molar-refractivity contribution in [2.24, 2.45) is 0 Å². The van der Waals surface area contributed by atoms with E-state index < -0.39 is 0 Å². The first-order valence-corrected chi connectivity index (χ1v) is 10.6. The summed E-state index contributed by atoms with van der Waals surface area (Å²) in [4.78, 5) is 11.4. The predicted octanol–water partition coefficient (Wildman–Crippen LogP) is 6.94. The number of esters is 1. The van der Waals surface area contributed by atoms with Gasteiger partial charge in [0.2, 0.25) is 0 Å². The van der Waals surface area contributed by atoms with Crippen molar-refractivity contribution in [3.8, 4) is 5.75 Å². The second-order valence-electron chi connectivity index (χ2n) is 7.11. The van der Waals surface area contributed by atoms with Crippen molar-refractivity contribution < 1.29 is 14.3 Å². The van der Waals surface area contributed by atoms with Gasteiger partial charge in [0.1, 0.15) is 5.75 Å². The second-order valence-corrected chi connectivity index (χ2v) is 7.11. The van der Waals surface area contributed by atoms with Gasteiger partial charge in [-0.15, -0.1) is 0 Å². The Labute approximate surface area is 160 Å². The molecule has 0 saturated carbocycles. The third kappa shape index (κ3) is 11.2. The summed E-state index contributed by atoms with van der Waals surface area (Å²) in [6.45, 7) is 3.02. The zero-order chi connectivity index (χ0) is 18.9. The minimum Gasteiger partial charge on any atom is -0.494 e. The highest BCUT2D eigenvalue weighted by molar-refractivity contribution is 5.89. The average molecular weight is 363 g/mol. The van der Waals surface area contributed by atoms with Crippen molar-refractivity contribution >= 4 is 5.97 Å². The highest BCUT2D eigenvalue weighted by atomic mass is 16.5. The average Bonchev–Trinajstić information content (AvgIpc) is 2.68. The summed E-state index contributed by atoms with van der Waals surface area (Å²) < 4.78 is 10.4. The van der Waals surface area contributed by atoms with E-state index in [1.54, 1.807) is 12.1 Å². The maximum absolute atomic E-state index is 11.4. The van der Waals surface area contributed by atoms with Gasteiger partial charge in [-0.05, 0) is 30.7 Å². The van der Waals surface area contributed by atoms with Crippen LogP contribution in [0.25, 0.3) is 0 Å².